The van der Waals surface area contributed by atoms with Crippen LogP contribution in [0.25, 0.3) is 0 Å². The molecule has 1 unspecified atom stereocenters. The van der Waals surface area contributed by atoms with E-state index < -0.39 is 0 Å². The van der Waals surface area contributed by atoms with Gasteiger partial charge in [0.15, 0.2) is 5.16 Å². The Kier molecular flexibility index (Phi) is 4.38. The van der Waals surface area contributed by atoms with E-state index in [-0.39, 0.29) is 0 Å². The van der Waals surface area contributed by atoms with E-state index in [1.54, 1.807) is 18.1 Å². The van der Waals surface area contributed by atoms with Gasteiger partial charge in [0.25, 0.3) is 0 Å². The van der Waals surface area contributed by atoms with Crippen LogP contribution in [0, 0.1) is 6.92 Å². The smallest absolute Gasteiger partial charge is 0.190 e. The van der Waals surface area contributed by atoms with E-state index >= 15 is 0 Å². The average molecular weight is 262 g/mol. The highest BCUT2D eigenvalue weighted by Gasteiger charge is 2.11. The molecule has 1 aromatic heterocycles. The highest BCUT2D eigenvalue weighted by atomic mass is 32.2. The van der Waals surface area contributed by atoms with Crippen molar-refractivity contribution in [3.05, 3.63) is 41.7 Å². The second-order valence-corrected chi connectivity index (χ2v) is 5.27. The highest BCUT2D eigenvalue weighted by Crippen LogP contribution is 2.22. The molecule has 1 N–H and O–H groups in total. The maximum absolute atomic E-state index is 4.08. The van der Waals surface area contributed by atoms with Crippen LogP contribution in [0.1, 0.15) is 17.2 Å². The normalized spacial score (nSPS) is 12.6. The van der Waals surface area contributed by atoms with Crippen molar-refractivity contribution in [1.82, 2.24) is 20.1 Å². The van der Waals surface area contributed by atoms with Crippen LogP contribution in [-0.4, -0.2) is 27.6 Å². The minimum Gasteiger partial charge on any atom is -0.312 e. The van der Waals surface area contributed by atoms with Gasteiger partial charge >= 0.3 is 0 Å². The zero-order valence-corrected chi connectivity index (χ0v) is 11.7. The fraction of sp³-hybridized carbons (Fsp3) is 0.385. The molecule has 0 bridgehead atoms. The monoisotopic (exact) mass is 262 g/mol. The van der Waals surface area contributed by atoms with Gasteiger partial charge in [-0.1, -0.05) is 41.6 Å². The first-order valence-corrected chi connectivity index (χ1v) is 6.90. The second-order valence-electron chi connectivity index (χ2n) is 4.29. The fourth-order valence-electron chi connectivity index (χ4n) is 1.71. The standard InChI is InChI=1S/C13H18N4S/c1-10-4-6-11(7-5-10)12(14-2)8-18-13-16-15-9-17(13)3/h4-7,9,12,14H,8H2,1-3H3. The maximum atomic E-state index is 4.08. The Morgan fingerprint density at radius 2 is 2.06 bits per heavy atom. The third-order valence-corrected chi connectivity index (χ3v) is 4.00. The number of rotatable bonds is 5. The van der Waals surface area contributed by atoms with E-state index in [2.05, 4.69) is 46.7 Å². The number of thioether (sulfide) groups is 1. The van der Waals surface area contributed by atoms with Gasteiger partial charge in [-0.05, 0) is 19.5 Å². The lowest BCUT2D eigenvalue weighted by molar-refractivity contribution is 0.659. The molecule has 0 spiro atoms. The molecule has 96 valence electrons. The summed E-state index contributed by atoms with van der Waals surface area (Å²) < 4.78 is 1.94. The molecule has 0 amide bonds. The van der Waals surface area contributed by atoms with E-state index in [9.17, 15) is 0 Å². The van der Waals surface area contributed by atoms with E-state index in [1.165, 1.54) is 11.1 Å². The number of nitrogens with one attached hydrogen (secondary N) is 1. The Hall–Kier alpha value is -1.33. The van der Waals surface area contributed by atoms with Crippen LogP contribution < -0.4 is 5.32 Å². The number of hydrogen-bond donors (Lipinski definition) is 1. The Morgan fingerprint density at radius 3 is 2.61 bits per heavy atom. The topological polar surface area (TPSA) is 42.7 Å². The molecule has 5 heteroatoms. The predicted molar refractivity (Wildman–Crippen MR) is 74.7 cm³/mol. The first-order chi connectivity index (χ1) is 8.70. The third kappa shape index (κ3) is 3.11. The Bertz CT molecular complexity index is 492. The summed E-state index contributed by atoms with van der Waals surface area (Å²) in [6.07, 6.45) is 1.72. The van der Waals surface area contributed by atoms with E-state index in [0.29, 0.717) is 6.04 Å². The van der Waals surface area contributed by atoms with Gasteiger partial charge in [-0.2, -0.15) is 0 Å². The largest absolute Gasteiger partial charge is 0.312 e. The lowest BCUT2D eigenvalue weighted by Crippen LogP contribution is -2.18. The van der Waals surface area contributed by atoms with Crippen LogP contribution in [0.2, 0.25) is 0 Å². The van der Waals surface area contributed by atoms with Crippen molar-refractivity contribution in [3.63, 3.8) is 0 Å². The molecule has 0 aliphatic rings. The summed E-state index contributed by atoms with van der Waals surface area (Å²) in [6.45, 7) is 2.10. The van der Waals surface area contributed by atoms with Crippen molar-refractivity contribution in [1.29, 1.82) is 0 Å². The SMILES string of the molecule is CNC(CSc1nncn1C)c1ccc(C)cc1. The molecular formula is C13H18N4S. The number of hydrogen-bond acceptors (Lipinski definition) is 4. The van der Waals surface area contributed by atoms with Crippen LogP contribution in [0.3, 0.4) is 0 Å². The zero-order chi connectivity index (χ0) is 13.0. The summed E-state index contributed by atoms with van der Waals surface area (Å²) in [5.41, 5.74) is 2.59. The van der Waals surface area contributed by atoms with Gasteiger partial charge in [0, 0.05) is 18.8 Å². The first-order valence-electron chi connectivity index (χ1n) is 5.91. The van der Waals surface area contributed by atoms with Crippen molar-refractivity contribution in [2.75, 3.05) is 12.8 Å². The molecule has 1 aromatic carbocycles. The maximum Gasteiger partial charge on any atom is 0.190 e. The van der Waals surface area contributed by atoms with Crippen molar-refractivity contribution >= 4 is 11.8 Å². The molecule has 0 aliphatic heterocycles. The quantitative estimate of drug-likeness (QED) is 0.839. The number of benzene rings is 1. The van der Waals surface area contributed by atoms with Crippen LogP contribution in [0.5, 0.6) is 0 Å². The first kappa shape index (κ1) is 13.1. The van der Waals surface area contributed by atoms with Crippen LogP contribution in [0.15, 0.2) is 35.7 Å². The summed E-state index contributed by atoms with van der Waals surface area (Å²) in [5.74, 6) is 0.937. The van der Waals surface area contributed by atoms with Gasteiger partial charge in [-0.15, -0.1) is 10.2 Å². The summed E-state index contributed by atoms with van der Waals surface area (Å²) in [5, 5.41) is 12.2. The lowest BCUT2D eigenvalue weighted by Gasteiger charge is -2.16. The van der Waals surface area contributed by atoms with Gasteiger partial charge in [-0.25, -0.2) is 0 Å². The molecule has 0 saturated carbocycles. The molecule has 2 aromatic rings. The van der Waals surface area contributed by atoms with Gasteiger partial charge in [0.1, 0.15) is 6.33 Å². The summed E-state index contributed by atoms with van der Waals surface area (Å²) >= 11 is 1.71. The third-order valence-electron chi connectivity index (χ3n) is 2.88. The number of aryl methyl sites for hydroxylation is 2. The van der Waals surface area contributed by atoms with Crippen molar-refractivity contribution in [3.8, 4) is 0 Å². The van der Waals surface area contributed by atoms with E-state index in [1.807, 2.05) is 18.7 Å². The van der Waals surface area contributed by atoms with Gasteiger partial charge in [0.2, 0.25) is 0 Å². The van der Waals surface area contributed by atoms with Crippen molar-refractivity contribution < 1.29 is 0 Å². The summed E-state index contributed by atoms with van der Waals surface area (Å²) in [6, 6.07) is 8.97. The molecule has 4 nitrogen and oxygen atoms in total. The molecule has 1 heterocycles. The predicted octanol–water partition coefficient (Wildman–Crippen LogP) is 2.18. The molecule has 18 heavy (non-hydrogen) atoms. The minimum atomic E-state index is 0.326. The minimum absolute atomic E-state index is 0.326. The van der Waals surface area contributed by atoms with Crippen LogP contribution in [0.4, 0.5) is 0 Å². The Balaban J connectivity index is 2.01. The van der Waals surface area contributed by atoms with E-state index in [4.69, 9.17) is 0 Å². The molecule has 0 aliphatic carbocycles. The number of nitrogens with zero attached hydrogens (tertiary/aromatic N) is 3. The van der Waals surface area contributed by atoms with Gasteiger partial charge in [-0.3, -0.25) is 0 Å². The average Bonchev–Trinajstić information content (AvgIpc) is 2.78. The zero-order valence-electron chi connectivity index (χ0n) is 10.9. The fourth-order valence-corrected chi connectivity index (χ4v) is 2.74. The molecule has 1 atom stereocenters. The van der Waals surface area contributed by atoms with Gasteiger partial charge < -0.3 is 9.88 Å². The molecule has 2 rings (SSSR count). The Morgan fingerprint density at radius 1 is 1.33 bits per heavy atom. The summed E-state index contributed by atoms with van der Waals surface area (Å²) in [7, 11) is 3.95. The van der Waals surface area contributed by atoms with Crippen LogP contribution in [-0.2, 0) is 7.05 Å². The van der Waals surface area contributed by atoms with E-state index in [0.717, 1.165) is 10.9 Å². The molecule has 0 fully saturated rings. The number of aromatic nitrogens is 3. The Labute approximate surface area is 112 Å². The molecule has 0 radical (unpaired) electrons. The van der Waals surface area contributed by atoms with Crippen molar-refractivity contribution in [2.45, 2.75) is 18.1 Å². The van der Waals surface area contributed by atoms with Crippen LogP contribution >= 0.6 is 11.8 Å². The highest BCUT2D eigenvalue weighted by molar-refractivity contribution is 7.99. The summed E-state index contributed by atoms with van der Waals surface area (Å²) in [4.78, 5) is 0. The second kappa shape index (κ2) is 6.02. The van der Waals surface area contributed by atoms with Gasteiger partial charge in [0.05, 0.1) is 0 Å². The molecular weight excluding hydrogens is 244 g/mol. The van der Waals surface area contributed by atoms with Crippen molar-refractivity contribution in [2.24, 2.45) is 7.05 Å². The lowest BCUT2D eigenvalue weighted by atomic mass is 10.1. The molecule has 0 saturated heterocycles.